The number of hydrogen-bond acceptors (Lipinski definition) is 7. The Morgan fingerprint density at radius 3 is 2.86 bits per heavy atom. The number of carbonyl (C=O) groups is 2. The Kier molecular flexibility index (Phi) is 4.52. The number of thioether (sulfide) groups is 1. The standard InChI is InChI=1S/C10H14N4O5S2/c1-21(18,19)8-6-20-3-2-14(8)10(17)7-4-13(12-11-7)5-9(15)16/h4,8H,2-3,5-6H2,1H3,(H,15,16). The molecule has 2 rings (SSSR count). The van der Waals surface area contributed by atoms with Crippen LogP contribution >= 0.6 is 11.8 Å². The van der Waals surface area contributed by atoms with Crippen molar-refractivity contribution in [1.82, 2.24) is 19.9 Å². The van der Waals surface area contributed by atoms with Gasteiger partial charge in [0.2, 0.25) is 0 Å². The summed E-state index contributed by atoms with van der Waals surface area (Å²) in [5.41, 5.74) is -0.0585. The summed E-state index contributed by atoms with van der Waals surface area (Å²) in [4.78, 5) is 24.2. The fraction of sp³-hybridized carbons (Fsp3) is 0.600. The van der Waals surface area contributed by atoms with E-state index in [2.05, 4.69) is 10.3 Å². The Balaban J connectivity index is 2.21. The molecule has 9 nitrogen and oxygen atoms in total. The molecule has 1 aromatic heterocycles. The molecule has 1 saturated heterocycles. The minimum Gasteiger partial charge on any atom is -0.480 e. The molecule has 1 N–H and O–H groups in total. The Hall–Kier alpha value is -1.62. The molecule has 2 heterocycles. The van der Waals surface area contributed by atoms with Crippen molar-refractivity contribution in [3.63, 3.8) is 0 Å². The summed E-state index contributed by atoms with van der Waals surface area (Å²) in [5, 5.41) is 14.9. The van der Waals surface area contributed by atoms with Gasteiger partial charge in [-0.3, -0.25) is 9.59 Å². The third-order valence-electron chi connectivity index (χ3n) is 2.89. The number of aliphatic carboxylic acids is 1. The van der Waals surface area contributed by atoms with Gasteiger partial charge in [-0.2, -0.15) is 11.8 Å². The van der Waals surface area contributed by atoms with E-state index in [1.807, 2.05) is 0 Å². The smallest absolute Gasteiger partial charge is 0.325 e. The topological polar surface area (TPSA) is 122 Å². The quantitative estimate of drug-likeness (QED) is 0.738. The summed E-state index contributed by atoms with van der Waals surface area (Å²) >= 11 is 1.47. The van der Waals surface area contributed by atoms with Gasteiger partial charge in [0.15, 0.2) is 15.5 Å². The zero-order valence-electron chi connectivity index (χ0n) is 11.2. The van der Waals surface area contributed by atoms with Crippen molar-refractivity contribution < 1.29 is 23.1 Å². The Labute approximate surface area is 125 Å². The van der Waals surface area contributed by atoms with Gasteiger partial charge in [-0.1, -0.05) is 5.21 Å². The number of carboxylic acid groups (broad SMARTS) is 1. The molecular formula is C10H14N4O5S2. The van der Waals surface area contributed by atoms with Crippen molar-refractivity contribution in [2.24, 2.45) is 0 Å². The van der Waals surface area contributed by atoms with E-state index in [1.54, 1.807) is 0 Å². The third-order valence-corrected chi connectivity index (χ3v) is 5.54. The highest BCUT2D eigenvalue weighted by Crippen LogP contribution is 2.21. The van der Waals surface area contributed by atoms with Crippen LogP contribution in [0.5, 0.6) is 0 Å². The molecule has 0 bridgehead atoms. The Morgan fingerprint density at radius 2 is 2.24 bits per heavy atom. The predicted octanol–water partition coefficient (Wildman–Crippen LogP) is -1.08. The highest BCUT2D eigenvalue weighted by atomic mass is 32.2. The summed E-state index contributed by atoms with van der Waals surface area (Å²) in [5.74, 6) is -0.709. The second-order valence-corrected chi connectivity index (χ2v) is 7.91. The van der Waals surface area contributed by atoms with Gasteiger partial charge in [0, 0.05) is 24.3 Å². The van der Waals surface area contributed by atoms with Crippen LogP contribution in [-0.2, 0) is 21.2 Å². The van der Waals surface area contributed by atoms with E-state index in [-0.39, 0.29) is 5.69 Å². The van der Waals surface area contributed by atoms with Gasteiger partial charge in [0.05, 0.1) is 6.20 Å². The SMILES string of the molecule is CS(=O)(=O)C1CSCCN1C(=O)c1cn(CC(=O)O)nn1. The molecule has 1 amide bonds. The third kappa shape index (κ3) is 3.73. The largest absolute Gasteiger partial charge is 0.480 e. The normalized spacial score (nSPS) is 19.5. The van der Waals surface area contributed by atoms with E-state index in [0.717, 1.165) is 10.9 Å². The molecule has 1 fully saturated rings. The molecule has 1 unspecified atom stereocenters. The van der Waals surface area contributed by atoms with E-state index in [4.69, 9.17) is 5.11 Å². The first-order valence-corrected chi connectivity index (χ1v) is 9.09. The molecule has 0 spiro atoms. The van der Waals surface area contributed by atoms with Crippen molar-refractivity contribution in [2.45, 2.75) is 11.9 Å². The summed E-state index contributed by atoms with van der Waals surface area (Å²) in [7, 11) is -3.41. The zero-order chi connectivity index (χ0) is 15.6. The summed E-state index contributed by atoms with van der Waals surface area (Å²) in [6.07, 6.45) is 2.29. The second-order valence-electron chi connectivity index (χ2n) is 4.55. The maximum atomic E-state index is 12.3. The van der Waals surface area contributed by atoms with Crippen LogP contribution in [0.1, 0.15) is 10.5 Å². The highest BCUT2D eigenvalue weighted by molar-refractivity contribution is 8.00. The van der Waals surface area contributed by atoms with Crippen LogP contribution in [0.2, 0.25) is 0 Å². The first-order valence-electron chi connectivity index (χ1n) is 5.98. The van der Waals surface area contributed by atoms with E-state index < -0.39 is 33.6 Å². The maximum Gasteiger partial charge on any atom is 0.325 e. The number of amides is 1. The minimum absolute atomic E-state index is 0.0585. The molecule has 21 heavy (non-hydrogen) atoms. The molecule has 0 radical (unpaired) electrons. The first-order chi connectivity index (χ1) is 9.79. The monoisotopic (exact) mass is 334 g/mol. The molecule has 1 aliphatic rings. The van der Waals surface area contributed by atoms with Crippen molar-refractivity contribution >= 4 is 33.5 Å². The van der Waals surface area contributed by atoms with Gasteiger partial charge in [-0.05, 0) is 0 Å². The first kappa shape index (κ1) is 15.8. The molecule has 1 aromatic rings. The van der Waals surface area contributed by atoms with E-state index in [0.29, 0.717) is 18.1 Å². The number of hydrogen-bond donors (Lipinski definition) is 1. The van der Waals surface area contributed by atoms with Crippen LogP contribution in [0.25, 0.3) is 0 Å². The molecule has 11 heteroatoms. The fourth-order valence-electron chi connectivity index (χ4n) is 1.93. The maximum absolute atomic E-state index is 12.3. The average molecular weight is 334 g/mol. The molecule has 0 saturated carbocycles. The number of carbonyl (C=O) groups excluding carboxylic acids is 1. The molecule has 116 valence electrons. The highest BCUT2D eigenvalue weighted by Gasteiger charge is 2.35. The summed E-state index contributed by atoms with van der Waals surface area (Å²) < 4.78 is 24.5. The molecular weight excluding hydrogens is 320 g/mol. The summed E-state index contributed by atoms with van der Waals surface area (Å²) in [6, 6.07) is 0. The van der Waals surface area contributed by atoms with Crippen LogP contribution in [0.15, 0.2) is 6.20 Å². The van der Waals surface area contributed by atoms with E-state index in [1.165, 1.54) is 22.9 Å². The molecule has 0 aromatic carbocycles. The van der Waals surface area contributed by atoms with Crippen LogP contribution in [0, 0.1) is 0 Å². The average Bonchev–Trinajstić information content (AvgIpc) is 2.84. The van der Waals surface area contributed by atoms with Gasteiger partial charge >= 0.3 is 5.97 Å². The number of aromatic nitrogens is 3. The zero-order valence-corrected chi connectivity index (χ0v) is 12.8. The minimum atomic E-state index is -3.41. The lowest BCUT2D eigenvalue weighted by Gasteiger charge is -2.33. The second kappa shape index (κ2) is 6.02. The van der Waals surface area contributed by atoms with Crippen LogP contribution in [0.4, 0.5) is 0 Å². The number of nitrogens with zero attached hydrogens (tertiary/aromatic N) is 4. The lowest BCUT2D eigenvalue weighted by molar-refractivity contribution is -0.137. The van der Waals surface area contributed by atoms with Crippen LogP contribution < -0.4 is 0 Å². The number of rotatable bonds is 4. The van der Waals surface area contributed by atoms with Crippen molar-refractivity contribution in [3.8, 4) is 0 Å². The van der Waals surface area contributed by atoms with Crippen LogP contribution in [0.3, 0.4) is 0 Å². The van der Waals surface area contributed by atoms with Gasteiger partial charge in [-0.15, -0.1) is 5.10 Å². The van der Waals surface area contributed by atoms with Gasteiger partial charge in [-0.25, -0.2) is 13.1 Å². The molecule has 0 aliphatic carbocycles. The molecule has 1 aliphatic heterocycles. The molecule has 1 atom stereocenters. The van der Waals surface area contributed by atoms with Gasteiger partial charge in [0.25, 0.3) is 5.91 Å². The lowest BCUT2D eigenvalue weighted by Crippen LogP contribution is -2.50. The number of sulfone groups is 1. The van der Waals surface area contributed by atoms with E-state index >= 15 is 0 Å². The van der Waals surface area contributed by atoms with Crippen molar-refractivity contribution in [3.05, 3.63) is 11.9 Å². The van der Waals surface area contributed by atoms with Gasteiger partial charge in [0.1, 0.15) is 11.9 Å². The fourth-order valence-corrected chi connectivity index (χ4v) is 4.74. The van der Waals surface area contributed by atoms with Crippen LogP contribution in [-0.4, -0.2) is 75.0 Å². The lowest BCUT2D eigenvalue weighted by atomic mass is 10.3. The van der Waals surface area contributed by atoms with E-state index in [9.17, 15) is 18.0 Å². The Morgan fingerprint density at radius 1 is 1.52 bits per heavy atom. The Bertz CT molecular complexity index is 656. The predicted molar refractivity (Wildman–Crippen MR) is 74.7 cm³/mol. The van der Waals surface area contributed by atoms with Crippen molar-refractivity contribution in [1.29, 1.82) is 0 Å². The van der Waals surface area contributed by atoms with Gasteiger partial charge < -0.3 is 10.0 Å². The summed E-state index contributed by atoms with van der Waals surface area (Å²) in [6.45, 7) is -0.112. The van der Waals surface area contributed by atoms with Crippen molar-refractivity contribution in [2.75, 3.05) is 24.3 Å². The number of carboxylic acids is 1.